The minimum absolute atomic E-state index is 0.0222. The Morgan fingerprint density at radius 1 is 0.895 bits per heavy atom. The van der Waals surface area contributed by atoms with Gasteiger partial charge in [0.25, 0.3) is 5.91 Å². The summed E-state index contributed by atoms with van der Waals surface area (Å²) in [5.74, 6) is -0.0222. The van der Waals surface area contributed by atoms with Gasteiger partial charge in [-0.3, -0.25) is 19.7 Å². The van der Waals surface area contributed by atoms with Gasteiger partial charge >= 0.3 is 6.03 Å². The van der Waals surface area contributed by atoms with Gasteiger partial charge in [-0.25, -0.2) is 4.79 Å². The monoisotopic (exact) mass is 506 g/mol. The van der Waals surface area contributed by atoms with E-state index in [2.05, 4.69) is 9.97 Å². The zero-order valence-corrected chi connectivity index (χ0v) is 21.5. The van der Waals surface area contributed by atoms with E-state index in [0.717, 1.165) is 33.6 Å². The molecule has 0 radical (unpaired) electrons. The van der Waals surface area contributed by atoms with Gasteiger partial charge in [-0.2, -0.15) is 0 Å². The van der Waals surface area contributed by atoms with Gasteiger partial charge in [0.05, 0.1) is 11.9 Å². The third-order valence-electron chi connectivity index (χ3n) is 6.62. The first-order chi connectivity index (χ1) is 18.4. The van der Waals surface area contributed by atoms with Crippen molar-refractivity contribution in [1.82, 2.24) is 19.8 Å². The maximum Gasteiger partial charge on any atom is 0.324 e. The van der Waals surface area contributed by atoms with Crippen LogP contribution in [0.2, 0.25) is 0 Å². The smallest absolute Gasteiger partial charge is 0.324 e. The summed E-state index contributed by atoms with van der Waals surface area (Å²) in [7, 11) is 3.48. The molecule has 0 bridgehead atoms. The van der Waals surface area contributed by atoms with E-state index in [9.17, 15) is 9.59 Å². The zero-order chi connectivity index (χ0) is 26.6. The summed E-state index contributed by atoms with van der Waals surface area (Å²) >= 11 is 0. The average Bonchev–Trinajstić information content (AvgIpc) is 3.30. The minimum Gasteiger partial charge on any atom is -0.399 e. The molecule has 2 aromatic heterocycles. The number of carbonyl (C=O) groups excluding carboxylic acids is 2. The topological polar surface area (TPSA) is 95.7 Å². The lowest BCUT2D eigenvalue weighted by Gasteiger charge is -2.19. The molecule has 192 valence electrons. The van der Waals surface area contributed by atoms with Crippen molar-refractivity contribution in [1.29, 1.82) is 0 Å². The normalized spacial score (nSPS) is 13.2. The first kappa shape index (κ1) is 25.0. The summed E-state index contributed by atoms with van der Waals surface area (Å²) in [6, 6.07) is 21.2. The number of nitrogen functional groups attached to an aromatic ring is 1. The Morgan fingerprint density at radius 2 is 1.63 bits per heavy atom. The highest BCUT2D eigenvalue weighted by Crippen LogP contribution is 2.24. The summed E-state index contributed by atoms with van der Waals surface area (Å²) in [6.45, 7) is 1.82. The number of nitrogens with two attached hydrogens (primary N) is 1. The zero-order valence-electron chi connectivity index (χ0n) is 21.5. The van der Waals surface area contributed by atoms with Crippen LogP contribution < -0.4 is 10.6 Å². The van der Waals surface area contributed by atoms with Crippen LogP contribution >= 0.6 is 0 Å². The molecule has 4 aromatic rings. The third kappa shape index (κ3) is 5.49. The van der Waals surface area contributed by atoms with Crippen LogP contribution in [0.15, 0.2) is 85.3 Å². The van der Waals surface area contributed by atoms with Gasteiger partial charge in [0, 0.05) is 75.1 Å². The third-order valence-corrected chi connectivity index (χ3v) is 6.62. The number of amides is 3. The SMILES string of the molecule is CN(C)C(=O)c1ccc(-c2ccc(Cc3cncc(N4CCN(Cc5ccc(N)cc5)C4=O)c3)nc2)cc1. The molecule has 8 heteroatoms. The van der Waals surface area contributed by atoms with E-state index in [-0.39, 0.29) is 11.9 Å². The molecule has 2 aromatic carbocycles. The van der Waals surface area contributed by atoms with Crippen LogP contribution in [0.5, 0.6) is 0 Å². The molecule has 5 rings (SSSR count). The predicted molar refractivity (Wildman–Crippen MR) is 149 cm³/mol. The molecule has 0 spiro atoms. The fourth-order valence-electron chi connectivity index (χ4n) is 4.50. The molecule has 38 heavy (non-hydrogen) atoms. The van der Waals surface area contributed by atoms with Gasteiger partial charge < -0.3 is 15.5 Å². The van der Waals surface area contributed by atoms with Gasteiger partial charge in [-0.05, 0) is 53.1 Å². The van der Waals surface area contributed by atoms with Crippen molar-refractivity contribution in [2.24, 2.45) is 0 Å². The predicted octanol–water partition coefficient (Wildman–Crippen LogP) is 4.46. The van der Waals surface area contributed by atoms with Crippen molar-refractivity contribution < 1.29 is 9.59 Å². The maximum absolute atomic E-state index is 13.1. The number of rotatable bonds is 7. The number of hydrogen-bond donors (Lipinski definition) is 1. The van der Waals surface area contributed by atoms with Gasteiger partial charge in [-0.15, -0.1) is 0 Å². The lowest BCUT2D eigenvalue weighted by atomic mass is 10.0. The number of aromatic nitrogens is 2. The molecular formula is C30H30N6O2. The Kier molecular flexibility index (Phi) is 7.04. The molecule has 8 nitrogen and oxygen atoms in total. The molecule has 2 N–H and O–H groups in total. The molecule has 0 atom stereocenters. The van der Waals surface area contributed by atoms with Gasteiger partial charge in [-0.1, -0.05) is 30.3 Å². The second kappa shape index (κ2) is 10.7. The van der Waals surface area contributed by atoms with E-state index in [1.807, 2.05) is 84.0 Å². The molecule has 1 aliphatic heterocycles. The van der Waals surface area contributed by atoms with Gasteiger partial charge in [0.15, 0.2) is 0 Å². The van der Waals surface area contributed by atoms with Crippen molar-refractivity contribution in [2.75, 3.05) is 37.8 Å². The van der Waals surface area contributed by atoms with E-state index in [4.69, 9.17) is 5.73 Å². The standard InChI is InChI=1S/C30H30N6O2/c1-34(2)29(37)24-7-5-23(6-8-24)25-9-12-27(33-18-25)15-22-16-28(19-32-17-22)36-14-13-35(30(36)38)20-21-3-10-26(31)11-4-21/h3-12,16-19H,13-15,20,31H2,1-2H3. The van der Waals surface area contributed by atoms with Crippen LogP contribution in [0.25, 0.3) is 11.1 Å². The van der Waals surface area contributed by atoms with Gasteiger partial charge in [0.2, 0.25) is 0 Å². The summed E-state index contributed by atoms with van der Waals surface area (Å²) in [5.41, 5.74) is 12.8. The van der Waals surface area contributed by atoms with Crippen molar-refractivity contribution in [3.8, 4) is 11.1 Å². The number of hydrogen-bond acceptors (Lipinski definition) is 5. The molecule has 0 aliphatic carbocycles. The van der Waals surface area contributed by atoms with Crippen LogP contribution in [0.4, 0.5) is 16.2 Å². The Morgan fingerprint density at radius 3 is 2.32 bits per heavy atom. The van der Waals surface area contributed by atoms with E-state index >= 15 is 0 Å². The highest BCUT2D eigenvalue weighted by molar-refractivity contribution is 5.94. The number of urea groups is 1. The van der Waals surface area contributed by atoms with Crippen molar-refractivity contribution >= 4 is 23.3 Å². The van der Waals surface area contributed by atoms with Crippen LogP contribution in [0.1, 0.15) is 27.2 Å². The Hall–Kier alpha value is -4.72. The summed E-state index contributed by atoms with van der Waals surface area (Å²) in [4.78, 5) is 39.4. The average molecular weight is 507 g/mol. The molecule has 1 aliphatic rings. The summed E-state index contributed by atoms with van der Waals surface area (Å²) in [5, 5.41) is 0. The maximum atomic E-state index is 13.1. The van der Waals surface area contributed by atoms with Crippen LogP contribution in [0.3, 0.4) is 0 Å². The summed E-state index contributed by atoms with van der Waals surface area (Å²) in [6.07, 6.45) is 5.99. The van der Waals surface area contributed by atoms with E-state index < -0.39 is 0 Å². The molecule has 0 saturated carbocycles. The molecule has 1 saturated heterocycles. The van der Waals surface area contributed by atoms with Crippen LogP contribution in [-0.4, -0.2) is 58.9 Å². The van der Waals surface area contributed by atoms with Crippen molar-refractivity contribution in [3.63, 3.8) is 0 Å². The van der Waals surface area contributed by atoms with Gasteiger partial charge in [0.1, 0.15) is 0 Å². The molecule has 0 unspecified atom stereocenters. The quantitative estimate of drug-likeness (QED) is 0.374. The highest BCUT2D eigenvalue weighted by atomic mass is 16.2. The fourth-order valence-corrected chi connectivity index (χ4v) is 4.50. The minimum atomic E-state index is -0.0263. The molecular weight excluding hydrogens is 476 g/mol. The Labute approximate surface area is 222 Å². The second-order valence-corrected chi connectivity index (χ2v) is 9.64. The van der Waals surface area contributed by atoms with Crippen molar-refractivity contribution in [2.45, 2.75) is 13.0 Å². The Bertz CT molecular complexity index is 1430. The Balaban J connectivity index is 1.23. The number of benzene rings is 2. The number of pyridine rings is 2. The van der Waals surface area contributed by atoms with Crippen LogP contribution in [-0.2, 0) is 13.0 Å². The lowest BCUT2D eigenvalue weighted by Crippen LogP contribution is -2.31. The van der Waals surface area contributed by atoms with E-state index in [1.54, 1.807) is 30.1 Å². The van der Waals surface area contributed by atoms with E-state index in [1.165, 1.54) is 0 Å². The molecule has 3 amide bonds. The number of anilines is 2. The fraction of sp³-hybridized carbons (Fsp3) is 0.200. The van der Waals surface area contributed by atoms with Crippen molar-refractivity contribution in [3.05, 3.63) is 108 Å². The highest BCUT2D eigenvalue weighted by Gasteiger charge is 2.29. The first-order valence-corrected chi connectivity index (χ1v) is 12.5. The second-order valence-electron chi connectivity index (χ2n) is 9.64. The number of nitrogens with zero attached hydrogens (tertiary/aromatic N) is 5. The molecule has 1 fully saturated rings. The molecule has 3 heterocycles. The first-order valence-electron chi connectivity index (χ1n) is 12.5. The summed E-state index contributed by atoms with van der Waals surface area (Å²) < 4.78 is 0. The van der Waals surface area contributed by atoms with E-state index in [0.29, 0.717) is 37.3 Å². The largest absolute Gasteiger partial charge is 0.399 e. The van der Waals surface area contributed by atoms with Crippen LogP contribution in [0, 0.1) is 0 Å². The number of carbonyl (C=O) groups is 2. The lowest BCUT2D eigenvalue weighted by molar-refractivity contribution is 0.0827.